The molecule has 1 N–H and O–H groups in total. The SMILES string of the molecule is O=C(c1cn[nH]c1)N1CCOc2ccccc21. The van der Waals surface area contributed by atoms with Gasteiger partial charge in [0.15, 0.2) is 0 Å². The van der Waals surface area contributed by atoms with E-state index in [0.717, 1.165) is 11.4 Å². The summed E-state index contributed by atoms with van der Waals surface area (Å²) in [5.74, 6) is 0.685. The van der Waals surface area contributed by atoms with Crippen LogP contribution in [0, 0.1) is 0 Å². The van der Waals surface area contributed by atoms with Crippen molar-refractivity contribution in [2.45, 2.75) is 0 Å². The number of amides is 1. The molecule has 0 bridgehead atoms. The summed E-state index contributed by atoms with van der Waals surface area (Å²) < 4.78 is 5.50. The molecular weight excluding hydrogens is 218 g/mol. The molecule has 0 fully saturated rings. The molecule has 3 rings (SSSR count). The van der Waals surface area contributed by atoms with E-state index in [2.05, 4.69) is 10.2 Å². The topological polar surface area (TPSA) is 58.2 Å². The van der Waals surface area contributed by atoms with E-state index in [4.69, 9.17) is 4.74 Å². The third-order valence-corrected chi connectivity index (χ3v) is 2.72. The van der Waals surface area contributed by atoms with Gasteiger partial charge in [0.2, 0.25) is 0 Å². The Kier molecular flexibility index (Phi) is 2.29. The number of aromatic amines is 1. The first-order chi connectivity index (χ1) is 8.36. The standard InChI is InChI=1S/C12H11N3O2/c16-12(9-7-13-14-8-9)15-5-6-17-11-4-2-1-3-10(11)15/h1-4,7-8H,5-6H2,(H,13,14). The van der Waals surface area contributed by atoms with Gasteiger partial charge in [-0.15, -0.1) is 0 Å². The highest BCUT2D eigenvalue weighted by Gasteiger charge is 2.24. The van der Waals surface area contributed by atoms with Crippen LogP contribution in [-0.4, -0.2) is 29.3 Å². The van der Waals surface area contributed by atoms with Gasteiger partial charge in [-0.25, -0.2) is 0 Å². The van der Waals surface area contributed by atoms with Crippen molar-refractivity contribution in [3.8, 4) is 5.75 Å². The van der Waals surface area contributed by atoms with Gasteiger partial charge in [-0.05, 0) is 12.1 Å². The lowest BCUT2D eigenvalue weighted by Crippen LogP contribution is -2.37. The van der Waals surface area contributed by atoms with Crippen molar-refractivity contribution in [2.24, 2.45) is 0 Å². The van der Waals surface area contributed by atoms with Crippen LogP contribution in [-0.2, 0) is 0 Å². The van der Waals surface area contributed by atoms with E-state index in [1.54, 1.807) is 11.1 Å². The molecule has 5 heteroatoms. The summed E-state index contributed by atoms with van der Waals surface area (Å²) in [5.41, 5.74) is 1.37. The van der Waals surface area contributed by atoms with Crippen LogP contribution in [0.25, 0.3) is 0 Å². The van der Waals surface area contributed by atoms with Crippen molar-refractivity contribution in [3.05, 3.63) is 42.2 Å². The fraction of sp³-hybridized carbons (Fsp3) is 0.167. The lowest BCUT2D eigenvalue weighted by molar-refractivity contribution is 0.0976. The number of H-pyrrole nitrogens is 1. The van der Waals surface area contributed by atoms with Gasteiger partial charge in [0.1, 0.15) is 12.4 Å². The molecule has 0 atom stereocenters. The Morgan fingerprint density at radius 1 is 1.41 bits per heavy atom. The van der Waals surface area contributed by atoms with Gasteiger partial charge in [0.05, 0.1) is 24.0 Å². The Balaban J connectivity index is 1.98. The van der Waals surface area contributed by atoms with Gasteiger partial charge in [0, 0.05) is 6.20 Å². The maximum absolute atomic E-state index is 12.2. The molecule has 1 amide bonds. The summed E-state index contributed by atoms with van der Waals surface area (Å²) in [6.45, 7) is 1.07. The van der Waals surface area contributed by atoms with Gasteiger partial charge in [-0.2, -0.15) is 5.10 Å². The van der Waals surface area contributed by atoms with Gasteiger partial charge in [-0.1, -0.05) is 12.1 Å². The Bertz CT molecular complexity index is 536. The first-order valence-electron chi connectivity index (χ1n) is 5.39. The predicted octanol–water partition coefficient (Wildman–Crippen LogP) is 1.45. The average molecular weight is 229 g/mol. The molecule has 0 aliphatic carbocycles. The van der Waals surface area contributed by atoms with Crippen LogP contribution in [0.3, 0.4) is 0 Å². The van der Waals surface area contributed by atoms with Crippen LogP contribution in [0.2, 0.25) is 0 Å². The van der Waals surface area contributed by atoms with Crippen molar-refractivity contribution in [3.63, 3.8) is 0 Å². The van der Waals surface area contributed by atoms with Crippen molar-refractivity contribution in [2.75, 3.05) is 18.1 Å². The molecule has 0 unspecified atom stereocenters. The molecule has 0 radical (unpaired) electrons. The number of ether oxygens (including phenoxy) is 1. The average Bonchev–Trinajstić information content (AvgIpc) is 2.91. The second-order valence-electron chi connectivity index (χ2n) is 3.76. The van der Waals surface area contributed by atoms with E-state index in [1.807, 2.05) is 24.3 Å². The minimum Gasteiger partial charge on any atom is -0.490 e. The molecule has 86 valence electrons. The summed E-state index contributed by atoms with van der Waals surface area (Å²) in [4.78, 5) is 13.9. The summed E-state index contributed by atoms with van der Waals surface area (Å²) in [6, 6.07) is 7.53. The van der Waals surface area contributed by atoms with Crippen LogP contribution in [0.4, 0.5) is 5.69 Å². The Labute approximate surface area is 98.0 Å². The third kappa shape index (κ3) is 1.65. The lowest BCUT2D eigenvalue weighted by atomic mass is 10.2. The molecule has 2 aromatic rings. The van der Waals surface area contributed by atoms with Crippen LogP contribution >= 0.6 is 0 Å². The van der Waals surface area contributed by atoms with Gasteiger partial charge >= 0.3 is 0 Å². The molecule has 1 aliphatic heterocycles. The molecule has 1 aromatic carbocycles. The van der Waals surface area contributed by atoms with E-state index in [-0.39, 0.29) is 5.91 Å². The number of anilines is 1. The number of fused-ring (bicyclic) bond motifs is 1. The molecule has 0 saturated carbocycles. The summed E-state index contributed by atoms with van der Waals surface area (Å²) in [5, 5.41) is 6.44. The molecule has 1 aromatic heterocycles. The highest BCUT2D eigenvalue weighted by Crippen LogP contribution is 2.31. The number of nitrogens with one attached hydrogen (secondary N) is 1. The summed E-state index contributed by atoms with van der Waals surface area (Å²) >= 11 is 0. The zero-order valence-corrected chi connectivity index (χ0v) is 9.09. The fourth-order valence-corrected chi connectivity index (χ4v) is 1.90. The number of nitrogens with zero attached hydrogens (tertiary/aromatic N) is 2. The summed E-state index contributed by atoms with van der Waals surface area (Å²) in [7, 11) is 0. The Morgan fingerprint density at radius 2 is 2.29 bits per heavy atom. The molecule has 0 saturated heterocycles. The summed E-state index contributed by atoms with van der Waals surface area (Å²) in [6.07, 6.45) is 3.13. The van der Waals surface area contributed by atoms with E-state index < -0.39 is 0 Å². The van der Waals surface area contributed by atoms with Crippen molar-refractivity contribution < 1.29 is 9.53 Å². The van der Waals surface area contributed by atoms with Crippen molar-refractivity contribution in [1.29, 1.82) is 0 Å². The lowest BCUT2D eigenvalue weighted by Gasteiger charge is -2.29. The normalized spacial score (nSPS) is 14.0. The number of aromatic nitrogens is 2. The fourth-order valence-electron chi connectivity index (χ4n) is 1.90. The highest BCUT2D eigenvalue weighted by atomic mass is 16.5. The van der Waals surface area contributed by atoms with Gasteiger partial charge < -0.3 is 9.64 Å². The predicted molar refractivity (Wildman–Crippen MR) is 62.2 cm³/mol. The van der Waals surface area contributed by atoms with Crippen LogP contribution in [0.1, 0.15) is 10.4 Å². The second-order valence-corrected chi connectivity index (χ2v) is 3.76. The molecule has 17 heavy (non-hydrogen) atoms. The Hall–Kier alpha value is -2.30. The first kappa shape index (κ1) is 9.89. The number of carbonyl (C=O) groups excluding carboxylic acids is 1. The maximum Gasteiger partial charge on any atom is 0.261 e. The quantitative estimate of drug-likeness (QED) is 0.805. The zero-order chi connectivity index (χ0) is 11.7. The number of carbonyl (C=O) groups is 1. The third-order valence-electron chi connectivity index (χ3n) is 2.72. The van der Waals surface area contributed by atoms with E-state index in [1.165, 1.54) is 6.20 Å². The molecule has 1 aliphatic rings. The number of benzene rings is 1. The zero-order valence-electron chi connectivity index (χ0n) is 9.09. The molecular formula is C12H11N3O2. The minimum absolute atomic E-state index is 0.0606. The second kappa shape index (κ2) is 3.93. The highest BCUT2D eigenvalue weighted by molar-refractivity contribution is 6.06. The maximum atomic E-state index is 12.2. The first-order valence-corrected chi connectivity index (χ1v) is 5.39. The molecule has 2 heterocycles. The molecule has 0 spiro atoms. The molecule has 5 nitrogen and oxygen atoms in total. The van der Waals surface area contributed by atoms with Gasteiger partial charge in [-0.3, -0.25) is 9.89 Å². The van der Waals surface area contributed by atoms with E-state index >= 15 is 0 Å². The number of para-hydroxylation sites is 2. The van der Waals surface area contributed by atoms with Crippen molar-refractivity contribution in [1.82, 2.24) is 10.2 Å². The smallest absolute Gasteiger partial charge is 0.261 e. The number of hydrogen-bond donors (Lipinski definition) is 1. The van der Waals surface area contributed by atoms with E-state index in [9.17, 15) is 4.79 Å². The van der Waals surface area contributed by atoms with Crippen molar-refractivity contribution >= 4 is 11.6 Å². The van der Waals surface area contributed by atoms with Crippen LogP contribution in [0.5, 0.6) is 5.75 Å². The Morgan fingerprint density at radius 3 is 3.12 bits per heavy atom. The van der Waals surface area contributed by atoms with Gasteiger partial charge in [0.25, 0.3) is 5.91 Å². The largest absolute Gasteiger partial charge is 0.490 e. The van der Waals surface area contributed by atoms with E-state index in [0.29, 0.717) is 18.7 Å². The van der Waals surface area contributed by atoms with Crippen LogP contribution < -0.4 is 9.64 Å². The monoisotopic (exact) mass is 229 g/mol. The number of rotatable bonds is 1. The number of hydrogen-bond acceptors (Lipinski definition) is 3. The van der Waals surface area contributed by atoms with Crippen LogP contribution in [0.15, 0.2) is 36.7 Å². The minimum atomic E-state index is -0.0606.